The number of nitrogens with one attached hydrogen (secondary N) is 1. The molecule has 0 aliphatic carbocycles. The molecule has 1 amide bonds. The third kappa shape index (κ3) is 5.24. The Morgan fingerprint density at radius 1 is 0.912 bits per heavy atom. The number of piperazine rings is 1. The van der Waals surface area contributed by atoms with Gasteiger partial charge < -0.3 is 15.1 Å². The first-order valence-electron chi connectivity index (χ1n) is 12.6. The molecule has 3 aromatic rings. The Morgan fingerprint density at radius 3 is 2.44 bits per heavy atom. The third-order valence-electron chi connectivity index (χ3n) is 7.33. The lowest BCUT2D eigenvalue weighted by Gasteiger charge is -2.32. The van der Waals surface area contributed by atoms with Crippen LogP contribution < -0.4 is 5.32 Å². The van der Waals surface area contributed by atoms with Crippen molar-refractivity contribution in [3.05, 3.63) is 71.9 Å². The van der Waals surface area contributed by atoms with Gasteiger partial charge in [0.05, 0.1) is 5.52 Å². The molecule has 0 saturated carbocycles. The predicted molar refractivity (Wildman–Crippen MR) is 135 cm³/mol. The molecule has 2 aliphatic heterocycles. The van der Waals surface area contributed by atoms with Gasteiger partial charge in [0.25, 0.3) is 5.91 Å². The van der Waals surface area contributed by atoms with E-state index in [1.54, 1.807) is 4.57 Å². The fourth-order valence-corrected chi connectivity index (χ4v) is 5.27. The number of likely N-dealkylation sites (tertiary alicyclic amines) is 1. The molecule has 3 heterocycles. The second kappa shape index (κ2) is 10.5. The summed E-state index contributed by atoms with van der Waals surface area (Å²) in [6.07, 6.45) is 5.52. The number of rotatable bonds is 6. The van der Waals surface area contributed by atoms with E-state index < -0.39 is 0 Å². The zero-order valence-corrected chi connectivity index (χ0v) is 19.8. The largest absolute Gasteiger partial charge is 0.339 e. The van der Waals surface area contributed by atoms with Crippen molar-refractivity contribution in [2.24, 2.45) is 5.92 Å². The van der Waals surface area contributed by atoms with Crippen LogP contribution in [0.4, 0.5) is 0 Å². The zero-order valence-electron chi connectivity index (χ0n) is 19.8. The van der Waals surface area contributed by atoms with E-state index in [0.717, 1.165) is 76.0 Å². The van der Waals surface area contributed by atoms with Gasteiger partial charge in [-0.3, -0.25) is 14.2 Å². The highest BCUT2D eigenvalue weighted by Gasteiger charge is 2.24. The molecule has 34 heavy (non-hydrogen) atoms. The highest BCUT2D eigenvalue weighted by atomic mass is 16.2. The molecule has 0 radical (unpaired) electrons. The van der Waals surface area contributed by atoms with Crippen LogP contribution in [0.5, 0.6) is 0 Å². The number of nitrogens with zero attached hydrogens (tertiary/aromatic N) is 3. The summed E-state index contributed by atoms with van der Waals surface area (Å²) in [5, 5.41) is 4.29. The number of hydrogen-bond donors (Lipinski definition) is 1. The van der Waals surface area contributed by atoms with E-state index in [9.17, 15) is 9.59 Å². The van der Waals surface area contributed by atoms with Crippen LogP contribution >= 0.6 is 0 Å². The van der Waals surface area contributed by atoms with Crippen LogP contribution in [0.3, 0.4) is 0 Å². The summed E-state index contributed by atoms with van der Waals surface area (Å²) in [6.45, 7) is 6.37. The standard InChI is InChI=1S/C28H34N4O2/c33-27(11-14-30-18-12-29-13-19-30)32-17-10-24-21-25(6-7-26(24)32)28(34)31-15-8-23(9-16-31)20-22-4-2-1-3-5-22/h1-7,10,17,21,23,29H,8-9,11-16,18-20H2. The lowest BCUT2D eigenvalue weighted by atomic mass is 9.90. The molecular weight excluding hydrogens is 424 g/mol. The predicted octanol–water partition coefficient (Wildman–Crippen LogP) is 3.67. The molecule has 6 nitrogen and oxygen atoms in total. The van der Waals surface area contributed by atoms with Crippen molar-refractivity contribution in [2.45, 2.75) is 25.7 Å². The maximum Gasteiger partial charge on any atom is 0.253 e. The first-order chi connectivity index (χ1) is 16.7. The maximum absolute atomic E-state index is 13.2. The van der Waals surface area contributed by atoms with Crippen molar-refractivity contribution in [1.29, 1.82) is 0 Å². The van der Waals surface area contributed by atoms with Crippen molar-refractivity contribution in [3.63, 3.8) is 0 Å². The molecule has 5 rings (SSSR count). The van der Waals surface area contributed by atoms with E-state index in [2.05, 4.69) is 40.5 Å². The number of benzene rings is 2. The molecule has 2 aliphatic rings. The Hall–Kier alpha value is -2.96. The van der Waals surface area contributed by atoms with Gasteiger partial charge in [0, 0.05) is 69.4 Å². The van der Waals surface area contributed by atoms with Gasteiger partial charge >= 0.3 is 0 Å². The van der Waals surface area contributed by atoms with E-state index in [-0.39, 0.29) is 11.8 Å². The van der Waals surface area contributed by atoms with Gasteiger partial charge in [-0.2, -0.15) is 0 Å². The van der Waals surface area contributed by atoms with Crippen LogP contribution in [0, 0.1) is 5.92 Å². The van der Waals surface area contributed by atoms with Crippen LogP contribution in [0.2, 0.25) is 0 Å². The minimum Gasteiger partial charge on any atom is -0.339 e. The highest BCUT2D eigenvalue weighted by Crippen LogP contribution is 2.24. The summed E-state index contributed by atoms with van der Waals surface area (Å²) < 4.78 is 1.74. The second-order valence-corrected chi connectivity index (χ2v) is 9.62. The van der Waals surface area contributed by atoms with Gasteiger partial charge in [-0.15, -0.1) is 0 Å². The minimum absolute atomic E-state index is 0.0952. The average molecular weight is 459 g/mol. The molecule has 0 unspecified atom stereocenters. The fraction of sp³-hybridized carbons (Fsp3) is 0.429. The number of carbonyl (C=O) groups is 2. The van der Waals surface area contributed by atoms with Crippen molar-refractivity contribution in [2.75, 3.05) is 45.8 Å². The second-order valence-electron chi connectivity index (χ2n) is 9.62. The molecule has 178 valence electrons. The number of piperidine rings is 1. The van der Waals surface area contributed by atoms with E-state index in [1.807, 2.05) is 35.4 Å². The van der Waals surface area contributed by atoms with Crippen molar-refractivity contribution >= 4 is 22.7 Å². The molecule has 6 heteroatoms. The lowest BCUT2D eigenvalue weighted by molar-refractivity contribution is 0.0690. The van der Waals surface area contributed by atoms with E-state index >= 15 is 0 Å². The highest BCUT2D eigenvalue weighted by molar-refractivity contribution is 6.00. The number of carbonyl (C=O) groups excluding carboxylic acids is 2. The van der Waals surface area contributed by atoms with Crippen molar-refractivity contribution in [1.82, 2.24) is 19.7 Å². The minimum atomic E-state index is 0.0952. The fourth-order valence-electron chi connectivity index (χ4n) is 5.27. The van der Waals surface area contributed by atoms with Gasteiger partial charge in [-0.25, -0.2) is 0 Å². The Kier molecular flexibility index (Phi) is 7.07. The van der Waals surface area contributed by atoms with Crippen LogP contribution in [-0.4, -0.2) is 72.0 Å². The third-order valence-corrected chi connectivity index (χ3v) is 7.33. The number of fused-ring (bicyclic) bond motifs is 1. The molecule has 0 atom stereocenters. The number of hydrogen-bond acceptors (Lipinski definition) is 4. The van der Waals surface area contributed by atoms with Gasteiger partial charge in [0.2, 0.25) is 5.91 Å². The molecule has 1 N–H and O–H groups in total. The quantitative estimate of drug-likeness (QED) is 0.612. The molecule has 1 aromatic heterocycles. The molecule has 2 fully saturated rings. The molecular formula is C28H34N4O2. The van der Waals surface area contributed by atoms with Gasteiger partial charge in [-0.05, 0) is 55.0 Å². The molecule has 0 bridgehead atoms. The monoisotopic (exact) mass is 458 g/mol. The zero-order chi connectivity index (χ0) is 23.3. The summed E-state index contributed by atoms with van der Waals surface area (Å²) in [5.41, 5.74) is 2.97. The maximum atomic E-state index is 13.2. The topological polar surface area (TPSA) is 57.6 Å². The smallest absolute Gasteiger partial charge is 0.253 e. The molecule has 0 spiro atoms. The molecule has 2 saturated heterocycles. The Morgan fingerprint density at radius 2 is 1.68 bits per heavy atom. The first kappa shape index (κ1) is 22.8. The summed E-state index contributed by atoms with van der Waals surface area (Å²) in [7, 11) is 0. The summed E-state index contributed by atoms with van der Waals surface area (Å²) in [4.78, 5) is 30.3. The number of aromatic nitrogens is 1. The van der Waals surface area contributed by atoms with Crippen molar-refractivity contribution in [3.8, 4) is 0 Å². The van der Waals surface area contributed by atoms with Crippen LogP contribution in [-0.2, 0) is 6.42 Å². The summed E-state index contributed by atoms with van der Waals surface area (Å²) in [5.74, 6) is 0.834. The van der Waals surface area contributed by atoms with Crippen LogP contribution in [0.25, 0.3) is 10.9 Å². The average Bonchev–Trinajstić information content (AvgIpc) is 3.32. The van der Waals surface area contributed by atoms with E-state index in [1.165, 1.54) is 5.56 Å². The van der Waals surface area contributed by atoms with Gasteiger partial charge in [0.15, 0.2) is 0 Å². The first-order valence-corrected chi connectivity index (χ1v) is 12.6. The van der Waals surface area contributed by atoms with Crippen molar-refractivity contribution < 1.29 is 9.59 Å². The van der Waals surface area contributed by atoms with E-state index in [0.29, 0.717) is 17.9 Å². The van der Waals surface area contributed by atoms with Crippen LogP contribution in [0.15, 0.2) is 60.8 Å². The normalized spacial score (nSPS) is 17.8. The summed E-state index contributed by atoms with van der Waals surface area (Å²) in [6, 6.07) is 18.3. The van der Waals surface area contributed by atoms with Gasteiger partial charge in [-0.1, -0.05) is 30.3 Å². The SMILES string of the molecule is O=C(c1ccc2c(ccn2C(=O)CCN2CCNCC2)c1)N1CCC(Cc2ccccc2)CC1. The number of amides is 1. The van der Waals surface area contributed by atoms with Gasteiger partial charge in [0.1, 0.15) is 0 Å². The Bertz CT molecular complexity index is 1130. The summed E-state index contributed by atoms with van der Waals surface area (Å²) >= 11 is 0. The van der Waals surface area contributed by atoms with Crippen LogP contribution in [0.1, 0.15) is 40.0 Å². The molecule has 2 aromatic carbocycles. The lowest BCUT2D eigenvalue weighted by Crippen LogP contribution is -2.44. The Labute approximate surface area is 201 Å². The Balaban J connectivity index is 1.18. The van der Waals surface area contributed by atoms with E-state index in [4.69, 9.17) is 0 Å².